The number of benzene rings is 2. The van der Waals surface area contributed by atoms with Crippen molar-refractivity contribution in [3.8, 4) is 24.3 Å². The van der Waals surface area contributed by atoms with E-state index in [-0.39, 0.29) is 28.9 Å². The Morgan fingerprint density at radius 2 is 1.76 bits per heavy atom. The zero-order valence-corrected chi connectivity index (χ0v) is 22.3. The molecule has 9 heteroatoms. The molecule has 0 bridgehead atoms. The van der Waals surface area contributed by atoms with Gasteiger partial charge in [0.2, 0.25) is 12.4 Å². The molecule has 2 aliphatic rings. The van der Waals surface area contributed by atoms with Gasteiger partial charge < -0.3 is 25.0 Å². The maximum atomic E-state index is 14.9. The number of hydrogen-bond acceptors (Lipinski definition) is 7. The molecule has 0 unspecified atom stereocenters. The zero-order chi connectivity index (χ0) is 27.7. The molecule has 38 heavy (non-hydrogen) atoms. The lowest BCUT2D eigenvalue weighted by Crippen LogP contribution is -2.53. The number of amides is 1. The van der Waals surface area contributed by atoms with E-state index in [1.54, 1.807) is 22.1 Å². The fourth-order valence-electron chi connectivity index (χ4n) is 4.93. The van der Waals surface area contributed by atoms with Crippen molar-refractivity contribution >= 4 is 29.1 Å². The van der Waals surface area contributed by atoms with Crippen LogP contribution in [0.25, 0.3) is 10.9 Å². The van der Waals surface area contributed by atoms with Crippen LogP contribution in [0, 0.1) is 18.7 Å². The average molecular weight is 522 g/mol. The number of ether oxygens (including phenoxy) is 2. The Balaban J connectivity index is 0.000000275. The number of fused-ring (bicyclic) bond motifs is 2. The number of methoxy groups -OCH3 is 2. The lowest BCUT2D eigenvalue weighted by Gasteiger charge is -2.39. The summed E-state index contributed by atoms with van der Waals surface area (Å²) in [6.07, 6.45) is 15.0. The molecule has 1 saturated heterocycles. The molecule has 0 saturated carbocycles. The third-order valence-electron chi connectivity index (χ3n) is 6.95. The van der Waals surface area contributed by atoms with Gasteiger partial charge in [-0.15, -0.1) is 12.8 Å². The molecular formula is C29H36FN5O3. The number of aryl methyl sites for hydroxylation is 2. The summed E-state index contributed by atoms with van der Waals surface area (Å²) < 4.78 is 25.2. The van der Waals surface area contributed by atoms with Crippen molar-refractivity contribution in [2.45, 2.75) is 45.1 Å². The molecule has 2 heterocycles. The van der Waals surface area contributed by atoms with E-state index in [9.17, 15) is 9.18 Å². The van der Waals surface area contributed by atoms with E-state index in [0.29, 0.717) is 31.0 Å². The van der Waals surface area contributed by atoms with E-state index < -0.39 is 5.82 Å². The average Bonchev–Trinajstić information content (AvgIpc) is 2.98. The second-order valence-corrected chi connectivity index (χ2v) is 9.06. The molecule has 2 aromatic carbocycles. The number of anilines is 2. The van der Waals surface area contributed by atoms with Crippen LogP contribution in [0.1, 0.15) is 37.3 Å². The van der Waals surface area contributed by atoms with Crippen LogP contribution in [0.5, 0.6) is 11.5 Å². The predicted molar refractivity (Wildman–Crippen MR) is 149 cm³/mol. The molecule has 0 radical (unpaired) electrons. The number of terminal acetylenes is 1. The maximum absolute atomic E-state index is 14.9. The summed E-state index contributed by atoms with van der Waals surface area (Å²) in [5, 5.41) is 0.364. The second kappa shape index (κ2) is 13.5. The highest BCUT2D eigenvalue weighted by atomic mass is 19.1. The number of aromatic nitrogens is 2. The number of hydrogen-bond donors (Lipinski definition) is 1. The van der Waals surface area contributed by atoms with Gasteiger partial charge in [0.05, 0.1) is 14.2 Å². The summed E-state index contributed by atoms with van der Waals surface area (Å²) in [5.41, 5.74) is 9.32. The Morgan fingerprint density at radius 3 is 2.32 bits per heavy atom. The third kappa shape index (κ3) is 6.08. The first-order valence-corrected chi connectivity index (χ1v) is 12.7. The molecule has 2 N–H and O–H groups in total. The van der Waals surface area contributed by atoms with Crippen molar-refractivity contribution in [1.82, 2.24) is 14.9 Å². The van der Waals surface area contributed by atoms with Crippen molar-refractivity contribution in [2.24, 2.45) is 0 Å². The number of piperazine rings is 1. The van der Waals surface area contributed by atoms with Crippen molar-refractivity contribution in [3.05, 3.63) is 47.3 Å². The molecule has 202 valence electrons. The molecular weight excluding hydrogens is 485 g/mol. The summed E-state index contributed by atoms with van der Waals surface area (Å²) in [4.78, 5) is 23.5. The van der Waals surface area contributed by atoms with Gasteiger partial charge >= 0.3 is 0 Å². The van der Waals surface area contributed by atoms with Crippen molar-refractivity contribution < 1.29 is 18.7 Å². The Labute approximate surface area is 223 Å². The zero-order valence-electron chi connectivity index (χ0n) is 22.3. The molecule has 0 spiro atoms. The van der Waals surface area contributed by atoms with Gasteiger partial charge in [0.1, 0.15) is 11.3 Å². The largest absolute Gasteiger partial charge is 0.493 e. The number of nitrogens with two attached hydrogens (primary N) is 1. The Hall–Kier alpha value is -4.06. The first kappa shape index (κ1) is 28.5. The van der Waals surface area contributed by atoms with Crippen LogP contribution in [0.2, 0.25) is 0 Å². The van der Waals surface area contributed by atoms with Gasteiger partial charge in [-0.3, -0.25) is 4.79 Å². The molecule has 1 aliphatic heterocycles. The Bertz CT molecular complexity index is 1240. The first-order valence-electron chi connectivity index (χ1n) is 12.7. The summed E-state index contributed by atoms with van der Waals surface area (Å²) in [6, 6.07) is 10.4. The summed E-state index contributed by atoms with van der Waals surface area (Å²) >= 11 is 0. The van der Waals surface area contributed by atoms with Crippen LogP contribution in [-0.2, 0) is 17.6 Å². The van der Waals surface area contributed by atoms with E-state index in [4.69, 9.17) is 15.2 Å². The quantitative estimate of drug-likeness (QED) is 0.397. The third-order valence-corrected chi connectivity index (χ3v) is 6.95. The Kier molecular flexibility index (Phi) is 10.1. The van der Waals surface area contributed by atoms with Gasteiger partial charge in [-0.2, -0.15) is 4.98 Å². The SMILES string of the molecule is C#C.CC[C@H]1CN(C=O)CCN1c1nc(N)c2cc(OC)c(OC)c(F)c2n1.c1ccc2c(c1)CCCC2. The van der Waals surface area contributed by atoms with Crippen LogP contribution >= 0.6 is 0 Å². The number of carbonyl (C=O) groups excluding carboxylic acids is 1. The van der Waals surface area contributed by atoms with Gasteiger partial charge in [-0.1, -0.05) is 31.2 Å². The van der Waals surface area contributed by atoms with Gasteiger partial charge in [0.15, 0.2) is 17.3 Å². The minimum absolute atomic E-state index is 0.0261. The van der Waals surface area contributed by atoms with E-state index in [0.717, 1.165) is 12.8 Å². The highest BCUT2D eigenvalue weighted by Gasteiger charge is 2.28. The summed E-state index contributed by atoms with van der Waals surface area (Å²) in [6.45, 7) is 3.69. The highest BCUT2D eigenvalue weighted by Crippen LogP contribution is 2.38. The molecule has 1 aliphatic carbocycles. The highest BCUT2D eigenvalue weighted by molar-refractivity contribution is 5.92. The van der Waals surface area contributed by atoms with E-state index >= 15 is 0 Å². The lowest BCUT2D eigenvalue weighted by molar-refractivity contribution is -0.118. The molecule has 3 aromatic rings. The van der Waals surface area contributed by atoms with Crippen LogP contribution < -0.4 is 20.1 Å². The fourth-order valence-corrected chi connectivity index (χ4v) is 4.93. The molecule has 1 amide bonds. The number of rotatable bonds is 5. The van der Waals surface area contributed by atoms with Crippen LogP contribution in [0.15, 0.2) is 30.3 Å². The lowest BCUT2D eigenvalue weighted by atomic mass is 9.92. The molecule has 1 aromatic heterocycles. The van der Waals surface area contributed by atoms with Gasteiger partial charge in [-0.05, 0) is 49.3 Å². The number of nitrogens with zero attached hydrogens (tertiary/aromatic N) is 4. The van der Waals surface area contributed by atoms with Crippen molar-refractivity contribution in [2.75, 3.05) is 44.5 Å². The fraction of sp³-hybridized carbons (Fsp3) is 0.414. The smallest absolute Gasteiger partial charge is 0.228 e. The number of halogens is 1. The van der Waals surface area contributed by atoms with E-state index in [1.165, 1.54) is 39.9 Å². The Morgan fingerprint density at radius 1 is 1.11 bits per heavy atom. The minimum Gasteiger partial charge on any atom is -0.493 e. The predicted octanol–water partition coefficient (Wildman–Crippen LogP) is 4.24. The second-order valence-electron chi connectivity index (χ2n) is 9.06. The molecule has 1 atom stereocenters. The molecule has 8 nitrogen and oxygen atoms in total. The summed E-state index contributed by atoms with van der Waals surface area (Å²) in [7, 11) is 2.79. The van der Waals surface area contributed by atoms with Gasteiger partial charge in [0.25, 0.3) is 0 Å². The van der Waals surface area contributed by atoms with Crippen LogP contribution in [0.3, 0.4) is 0 Å². The monoisotopic (exact) mass is 521 g/mol. The van der Waals surface area contributed by atoms with E-state index in [1.807, 2.05) is 11.8 Å². The number of nitrogen functional groups attached to an aromatic ring is 1. The summed E-state index contributed by atoms with van der Waals surface area (Å²) in [5.74, 6) is 0.0706. The van der Waals surface area contributed by atoms with E-state index in [2.05, 4.69) is 47.1 Å². The van der Waals surface area contributed by atoms with Gasteiger partial charge in [0, 0.05) is 31.1 Å². The van der Waals surface area contributed by atoms with Gasteiger partial charge in [-0.25, -0.2) is 9.37 Å². The number of carbonyl (C=O) groups is 1. The van der Waals surface area contributed by atoms with Crippen LogP contribution in [0.4, 0.5) is 16.2 Å². The maximum Gasteiger partial charge on any atom is 0.228 e. The normalized spacial score (nSPS) is 16.3. The van der Waals surface area contributed by atoms with Crippen molar-refractivity contribution in [1.29, 1.82) is 0 Å². The van der Waals surface area contributed by atoms with Crippen molar-refractivity contribution in [3.63, 3.8) is 0 Å². The van der Waals surface area contributed by atoms with Crippen LogP contribution in [-0.4, -0.2) is 61.2 Å². The molecule has 5 rings (SSSR count). The minimum atomic E-state index is -0.642. The molecule has 1 fully saturated rings. The first-order chi connectivity index (χ1) is 18.5. The topological polar surface area (TPSA) is 93.8 Å². The standard InChI is InChI=1S/C17H22FN5O3.C10H12.C2H2/c1-4-10-8-22(9-24)5-6-23(10)17-20-14-11(16(19)21-17)7-12(25-2)15(26-3)13(14)18;1-2-6-10-8-4-3-7-9(10)5-1;1-2/h7,9-10H,4-6,8H2,1-3H3,(H2,19,20,21);1-2,5-6H,3-4,7-8H2;1-2H/t10-;;/m0../s1.